The highest BCUT2D eigenvalue weighted by Gasteiger charge is 2.35. The number of anilines is 1. The van der Waals surface area contributed by atoms with E-state index >= 15 is 0 Å². The van der Waals surface area contributed by atoms with Crippen LogP contribution in [-0.4, -0.2) is 43.5 Å². The molecule has 0 atom stereocenters. The third-order valence-electron chi connectivity index (χ3n) is 5.45. The molecule has 190 valence electrons. The number of benzene rings is 3. The molecule has 2 N–H and O–H groups in total. The van der Waals surface area contributed by atoms with Gasteiger partial charge in [0.05, 0.1) is 19.9 Å². The zero-order valence-corrected chi connectivity index (χ0v) is 22.3. The van der Waals surface area contributed by atoms with Crippen LogP contribution in [-0.2, 0) is 16.2 Å². The Hall–Kier alpha value is -4.06. The maximum absolute atomic E-state index is 12.8. The third-order valence-corrected chi connectivity index (χ3v) is 6.17. The van der Waals surface area contributed by atoms with Crippen LogP contribution < -0.4 is 24.8 Å². The molecule has 0 bridgehead atoms. The van der Waals surface area contributed by atoms with E-state index in [0.29, 0.717) is 35.1 Å². The molecular weight excluding hydrogens is 589 g/mol. The fourth-order valence-corrected chi connectivity index (χ4v) is 3.96. The summed E-state index contributed by atoms with van der Waals surface area (Å²) >= 11 is 2.24. The van der Waals surface area contributed by atoms with E-state index in [1.807, 2.05) is 24.3 Å². The Bertz CT molecular complexity index is 1360. The first-order valence-electron chi connectivity index (χ1n) is 11.2. The molecule has 3 aromatic rings. The molecule has 0 radical (unpaired) electrons. The molecule has 9 nitrogen and oxygen atoms in total. The molecule has 0 spiro atoms. The van der Waals surface area contributed by atoms with E-state index in [-0.39, 0.29) is 5.70 Å². The van der Waals surface area contributed by atoms with Crippen LogP contribution >= 0.6 is 22.6 Å². The number of rotatable bonds is 9. The molecule has 1 aliphatic heterocycles. The summed E-state index contributed by atoms with van der Waals surface area (Å²) < 4.78 is 17.7. The fourth-order valence-electron chi connectivity index (χ4n) is 3.60. The predicted octanol–water partition coefficient (Wildman–Crippen LogP) is 4.42. The van der Waals surface area contributed by atoms with Crippen LogP contribution in [0.2, 0.25) is 0 Å². The summed E-state index contributed by atoms with van der Waals surface area (Å²) in [5, 5.41) is 5.17. The summed E-state index contributed by atoms with van der Waals surface area (Å²) in [6, 6.07) is 19.3. The van der Waals surface area contributed by atoms with E-state index in [1.54, 1.807) is 42.5 Å². The number of carbonyl (C=O) groups excluding carboxylic acids is 3. The van der Waals surface area contributed by atoms with Crippen LogP contribution in [0.3, 0.4) is 0 Å². The topological polar surface area (TPSA) is 106 Å². The van der Waals surface area contributed by atoms with Crippen molar-refractivity contribution >= 4 is 52.2 Å². The highest BCUT2D eigenvalue weighted by atomic mass is 127. The summed E-state index contributed by atoms with van der Waals surface area (Å²) in [5.41, 5.74) is 2.11. The van der Waals surface area contributed by atoms with E-state index in [9.17, 15) is 14.4 Å². The van der Waals surface area contributed by atoms with Crippen LogP contribution in [0.5, 0.6) is 17.2 Å². The number of amides is 4. The number of halogens is 1. The summed E-state index contributed by atoms with van der Waals surface area (Å²) in [4.78, 5) is 38.6. The van der Waals surface area contributed by atoms with Gasteiger partial charge in [0, 0.05) is 3.57 Å². The number of urea groups is 1. The van der Waals surface area contributed by atoms with Crippen molar-refractivity contribution in [2.75, 3.05) is 26.1 Å². The fraction of sp³-hybridized carbons (Fsp3) is 0.148. The van der Waals surface area contributed by atoms with Gasteiger partial charge in [0.15, 0.2) is 11.5 Å². The van der Waals surface area contributed by atoms with Gasteiger partial charge in [0.1, 0.15) is 24.6 Å². The highest BCUT2D eigenvalue weighted by Crippen LogP contribution is 2.30. The van der Waals surface area contributed by atoms with Crippen LogP contribution in [0, 0.1) is 3.57 Å². The highest BCUT2D eigenvalue weighted by molar-refractivity contribution is 14.1. The number of carbonyl (C=O) groups is 3. The molecule has 1 saturated heterocycles. The summed E-state index contributed by atoms with van der Waals surface area (Å²) in [6.07, 6.45) is 1.52. The largest absolute Gasteiger partial charge is 0.495 e. The second kappa shape index (κ2) is 11.8. The van der Waals surface area contributed by atoms with Gasteiger partial charge in [-0.15, -0.1) is 0 Å². The molecule has 4 rings (SSSR count). The van der Waals surface area contributed by atoms with Gasteiger partial charge >= 0.3 is 6.03 Å². The van der Waals surface area contributed by atoms with Crippen molar-refractivity contribution in [3.63, 3.8) is 0 Å². The van der Waals surface area contributed by atoms with Gasteiger partial charge in [0.2, 0.25) is 5.91 Å². The van der Waals surface area contributed by atoms with Crippen LogP contribution in [0.4, 0.5) is 10.5 Å². The molecule has 1 aliphatic rings. The van der Waals surface area contributed by atoms with E-state index in [2.05, 4.69) is 33.2 Å². The minimum absolute atomic E-state index is 0.0460. The van der Waals surface area contributed by atoms with Crippen LogP contribution in [0.1, 0.15) is 11.1 Å². The van der Waals surface area contributed by atoms with Crippen LogP contribution in [0.15, 0.2) is 72.4 Å². The smallest absolute Gasteiger partial charge is 0.329 e. The number of methoxy groups -OCH3 is 2. The first-order chi connectivity index (χ1) is 17.9. The summed E-state index contributed by atoms with van der Waals surface area (Å²) in [7, 11) is 3.01. The standard InChI is InChI=1S/C27H24IN3O6/c1-35-22-6-4-3-5-20(22)29-25(32)15-31-26(33)21(30-27(31)34)13-18-9-12-23(24(14-18)36-2)37-16-17-7-10-19(28)11-8-17/h3-14H,15-16H2,1-2H3,(H,29,32)(H,30,34)/b21-13+. The van der Waals surface area contributed by atoms with Crippen molar-refractivity contribution in [3.8, 4) is 17.2 Å². The molecule has 10 heteroatoms. The first kappa shape index (κ1) is 26.0. The van der Waals surface area contributed by atoms with Crippen molar-refractivity contribution < 1.29 is 28.6 Å². The minimum Gasteiger partial charge on any atom is -0.495 e. The van der Waals surface area contributed by atoms with Gasteiger partial charge in [-0.25, -0.2) is 9.69 Å². The molecule has 3 aromatic carbocycles. The Morgan fingerprint density at radius 1 is 0.973 bits per heavy atom. The van der Waals surface area contributed by atoms with E-state index < -0.39 is 24.4 Å². The Morgan fingerprint density at radius 2 is 1.70 bits per heavy atom. The zero-order chi connectivity index (χ0) is 26.4. The molecule has 0 saturated carbocycles. The summed E-state index contributed by atoms with van der Waals surface area (Å²) in [6.45, 7) is -0.0805. The van der Waals surface area contributed by atoms with Crippen molar-refractivity contribution in [1.82, 2.24) is 10.2 Å². The molecule has 4 amide bonds. The second-order valence-electron chi connectivity index (χ2n) is 7.95. The maximum atomic E-state index is 12.8. The molecule has 37 heavy (non-hydrogen) atoms. The number of hydrogen-bond acceptors (Lipinski definition) is 6. The molecule has 0 unspecified atom stereocenters. The number of imide groups is 1. The van der Waals surface area contributed by atoms with Gasteiger partial charge in [-0.05, 0) is 76.2 Å². The number of para-hydroxylation sites is 2. The van der Waals surface area contributed by atoms with Gasteiger partial charge < -0.3 is 24.8 Å². The predicted molar refractivity (Wildman–Crippen MR) is 146 cm³/mol. The molecule has 1 heterocycles. The Morgan fingerprint density at radius 3 is 2.43 bits per heavy atom. The molecule has 1 fully saturated rings. The van der Waals surface area contributed by atoms with Gasteiger partial charge in [-0.3, -0.25) is 9.59 Å². The van der Waals surface area contributed by atoms with Crippen molar-refractivity contribution in [1.29, 1.82) is 0 Å². The number of nitrogens with one attached hydrogen (secondary N) is 2. The lowest BCUT2D eigenvalue weighted by molar-refractivity contribution is -0.127. The second-order valence-corrected chi connectivity index (χ2v) is 9.20. The van der Waals surface area contributed by atoms with E-state index in [0.717, 1.165) is 14.0 Å². The number of hydrogen-bond donors (Lipinski definition) is 2. The van der Waals surface area contributed by atoms with Crippen molar-refractivity contribution in [2.45, 2.75) is 6.61 Å². The van der Waals surface area contributed by atoms with Crippen molar-refractivity contribution in [2.24, 2.45) is 0 Å². The zero-order valence-electron chi connectivity index (χ0n) is 20.1. The lowest BCUT2D eigenvalue weighted by Crippen LogP contribution is -2.38. The molecular formula is C27H24IN3O6. The number of ether oxygens (including phenoxy) is 3. The normalized spacial score (nSPS) is 13.9. The minimum atomic E-state index is -0.684. The Kier molecular flexibility index (Phi) is 8.29. The van der Waals surface area contributed by atoms with E-state index in [1.165, 1.54) is 20.3 Å². The van der Waals surface area contributed by atoms with Crippen molar-refractivity contribution in [3.05, 3.63) is 87.1 Å². The van der Waals surface area contributed by atoms with Gasteiger partial charge in [-0.1, -0.05) is 30.3 Å². The van der Waals surface area contributed by atoms with Crippen LogP contribution in [0.25, 0.3) is 6.08 Å². The lowest BCUT2D eigenvalue weighted by atomic mass is 10.1. The summed E-state index contributed by atoms with van der Waals surface area (Å²) in [5.74, 6) is 0.335. The average Bonchev–Trinajstić information content (AvgIpc) is 3.16. The monoisotopic (exact) mass is 613 g/mol. The molecule has 0 aromatic heterocycles. The van der Waals surface area contributed by atoms with Gasteiger partial charge in [0.25, 0.3) is 5.91 Å². The SMILES string of the molecule is COc1ccccc1NC(=O)CN1C(=O)N/C(=C/c2ccc(OCc3ccc(I)cc3)c(OC)c2)C1=O. The van der Waals surface area contributed by atoms with E-state index in [4.69, 9.17) is 14.2 Å². The quantitative estimate of drug-likeness (QED) is 0.210. The first-order valence-corrected chi connectivity index (χ1v) is 12.3. The Balaban J connectivity index is 1.43. The molecule has 0 aliphatic carbocycles. The third kappa shape index (κ3) is 6.39. The lowest BCUT2D eigenvalue weighted by Gasteiger charge is -2.13. The Labute approximate surface area is 227 Å². The van der Waals surface area contributed by atoms with Gasteiger partial charge in [-0.2, -0.15) is 0 Å². The number of nitrogens with zero attached hydrogens (tertiary/aromatic N) is 1. The maximum Gasteiger partial charge on any atom is 0.329 e. The average molecular weight is 613 g/mol.